The van der Waals surface area contributed by atoms with Crippen LogP contribution in [0.2, 0.25) is 0 Å². The van der Waals surface area contributed by atoms with E-state index in [0.717, 1.165) is 0 Å². The van der Waals surface area contributed by atoms with Gasteiger partial charge in [-0.05, 0) is 25.1 Å². The number of carbonyl (C=O) groups is 2. The standard InChI is InChI=1S/C17H16ClF8N5O3S/c1-16(6-18,7-32)14(34)12(5-13(33)29-27)31-8-28-15(30-31)9-2-10(17(19,20)21)4-11(3-9)35(22,23,24,25)26/h2-5,8,32H,6-7,27H2,1H3,(H,29,33)/b12-5-. The lowest BCUT2D eigenvalue weighted by molar-refractivity contribution is -0.137. The fourth-order valence-corrected chi connectivity index (χ4v) is 3.42. The molecule has 35 heavy (non-hydrogen) atoms. The maximum atomic E-state index is 13.3. The molecule has 0 bridgehead atoms. The summed E-state index contributed by atoms with van der Waals surface area (Å²) in [7, 11) is -10.6. The van der Waals surface area contributed by atoms with Gasteiger partial charge in [-0.25, -0.2) is 15.5 Å². The van der Waals surface area contributed by atoms with Gasteiger partial charge in [0.25, 0.3) is 5.91 Å². The van der Waals surface area contributed by atoms with Gasteiger partial charge in [0.05, 0.1) is 17.6 Å². The minimum Gasteiger partial charge on any atom is -0.395 e. The number of nitrogens with zero attached hydrogens (tertiary/aromatic N) is 3. The second-order valence-electron chi connectivity index (χ2n) is 7.45. The number of nitrogens with one attached hydrogen (secondary N) is 1. The lowest BCUT2D eigenvalue weighted by Gasteiger charge is -2.40. The van der Waals surface area contributed by atoms with E-state index in [0.29, 0.717) is 17.1 Å². The summed E-state index contributed by atoms with van der Waals surface area (Å²) in [4.78, 5) is 25.2. The van der Waals surface area contributed by atoms with Gasteiger partial charge < -0.3 is 5.11 Å². The van der Waals surface area contributed by atoms with Gasteiger partial charge in [0.2, 0.25) is 0 Å². The summed E-state index contributed by atoms with van der Waals surface area (Å²) in [6.07, 6.45) is -4.28. The number of benzene rings is 1. The molecule has 1 aromatic carbocycles. The second-order valence-corrected chi connectivity index (χ2v) is 10.1. The molecule has 0 saturated heterocycles. The normalized spacial score (nSPS) is 16.7. The molecule has 4 N–H and O–H groups in total. The van der Waals surface area contributed by atoms with Crippen molar-refractivity contribution in [3.8, 4) is 11.4 Å². The van der Waals surface area contributed by atoms with E-state index < -0.39 is 79.6 Å². The smallest absolute Gasteiger partial charge is 0.395 e. The number of amides is 1. The number of hydrazine groups is 1. The molecule has 18 heteroatoms. The van der Waals surface area contributed by atoms with Crippen molar-refractivity contribution in [1.29, 1.82) is 0 Å². The molecule has 0 aliphatic rings. The zero-order valence-electron chi connectivity index (χ0n) is 17.3. The quantitative estimate of drug-likeness (QED) is 0.111. The summed E-state index contributed by atoms with van der Waals surface area (Å²) < 4.78 is 106. The first-order valence-corrected chi connectivity index (χ1v) is 11.5. The molecule has 1 unspecified atom stereocenters. The van der Waals surface area contributed by atoms with E-state index in [-0.39, 0.29) is 12.1 Å². The highest BCUT2D eigenvalue weighted by Crippen LogP contribution is 3.02. The summed E-state index contributed by atoms with van der Waals surface area (Å²) >= 11 is 5.69. The lowest BCUT2D eigenvalue weighted by Crippen LogP contribution is -2.37. The molecule has 196 valence electrons. The van der Waals surface area contributed by atoms with Gasteiger partial charge in [-0.3, -0.25) is 15.0 Å². The number of hydrogen-bond acceptors (Lipinski definition) is 6. The van der Waals surface area contributed by atoms with Crippen LogP contribution in [0.4, 0.5) is 32.6 Å². The van der Waals surface area contributed by atoms with Crippen molar-refractivity contribution < 1.29 is 47.3 Å². The molecule has 0 spiro atoms. The molecule has 0 aliphatic heterocycles. The van der Waals surface area contributed by atoms with Crippen molar-refractivity contribution in [3.63, 3.8) is 0 Å². The monoisotopic (exact) mass is 557 g/mol. The number of ketones is 1. The lowest BCUT2D eigenvalue weighted by atomic mass is 9.87. The summed E-state index contributed by atoms with van der Waals surface area (Å²) in [5.74, 6) is 1.41. The van der Waals surface area contributed by atoms with Gasteiger partial charge in [-0.1, -0.05) is 19.4 Å². The predicted molar refractivity (Wildman–Crippen MR) is 109 cm³/mol. The largest absolute Gasteiger partial charge is 0.416 e. The number of aliphatic hydroxyl groups is 1. The number of aliphatic hydroxyl groups excluding tert-OH is 1. The zero-order valence-corrected chi connectivity index (χ0v) is 18.9. The number of Topliss-reactive ketones (excluding diaryl/α,β-unsaturated/α-hetero) is 1. The Morgan fingerprint density at radius 3 is 2.26 bits per heavy atom. The van der Waals surface area contributed by atoms with Crippen LogP contribution in [-0.4, -0.2) is 44.0 Å². The molecule has 1 heterocycles. The minimum absolute atomic E-state index is 0.0983. The molecule has 1 aromatic heterocycles. The molecule has 2 rings (SSSR count). The van der Waals surface area contributed by atoms with E-state index >= 15 is 0 Å². The van der Waals surface area contributed by atoms with Gasteiger partial charge in [-0.2, -0.15) is 13.2 Å². The van der Waals surface area contributed by atoms with Crippen LogP contribution in [-0.2, 0) is 15.8 Å². The number of hydrogen-bond donors (Lipinski definition) is 3. The summed E-state index contributed by atoms with van der Waals surface area (Å²) in [5, 5.41) is 13.1. The van der Waals surface area contributed by atoms with Crippen LogP contribution in [0.25, 0.3) is 17.1 Å². The average molecular weight is 558 g/mol. The van der Waals surface area contributed by atoms with Crippen LogP contribution in [0, 0.1) is 5.41 Å². The molecule has 8 nitrogen and oxygen atoms in total. The number of halogens is 9. The van der Waals surface area contributed by atoms with Crippen LogP contribution < -0.4 is 11.3 Å². The van der Waals surface area contributed by atoms with E-state index in [1.54, 1.807) is 5.43 Å². The maximum Gasteiger partial charge on any atom is 0.416 e. The molecule has 0 radical (unpaired) electrons. The first-order chi connectivity index (χ1) is 15.6. The SMILES string of the molecule is CC(CO)(CCl)C(=O)/C(=C/C(=O)NN)n1cnc(-c2cc(C(F)(F)F)cc(S(F)(F)(F)(F)F)c2)n1. The van der Waals surface area contributed by atoms with Gasteiger partial charge >= 0.3 is 16.4 Å². The highest BCUT2D eigenvalue weighted by atomic mass is 35.5. The molecule has 0 saturated carbocycles. The van der Waals surface area contributed by atoms with E-state index in [4.69, 9.17) is 17.4 Å². The van der Waals surface area contributed by atoms with Crippen molar-refractivity contribution in [3.05, 3.63) is 36.2 Å². The van der Waals surface area contributed by atoms with Crippen molar-refractivity contribution in [2.45, 2.75) is 18.0 Å². The van der Waals surface area contributed by atoms with Gasteiger partial charge in [-0.15, -0.1) is 16.7 Å². The Balaban J connectivity index is 2.75. The first kappa shape index (κ1) is 28.5. The van der Waals surface area contributed by atoms with E-state index in [2.05, 4.69) is 10.1 Å². The predicted octanol–water partition coefficient (Wildman–Crippen LogP) is 4.26. The molecule has 1 atom stereocenters. The highest BCUT2D eigenvalue weighted by molar-refractivity contribution is 8.45. The van der Waals surface area contributed by atoms with E-state index in [1.807, 2.05) is 0 Å². The number of rotatable bonds is 8. The summed E-state index contributed by atoms with van der Waals surface area (Å²) in [5.41, 5.74) is -3.92. The molecular formula is C17H16ClF8N5O3S. The fraction of sp³-hybridized carbons (Fsp3) is 0.294. The van der Waals surface area contributed by atoms with E-state index in [9.17, 15) is 47.3 Å². The maximum absolute atomic E-state index is 13.3. The van der Waals surface area contributed by atoms with Crippen LogP contribution in [0.5, 0.6) is 0 Å². The Morgan fingerprint density at radius 2 is 1.80 bits per heavy atom. The van der Waals surface area contributed by atoms with E-state index in [1.165, 1.54) is 6.92 Å². The topological polar surface area (TPSA) is 123 Å². The number of nitrogens with two attached hydrogens (primary N) is 1. The van der Waals surface area contributed by atoms with Gasteiger partial charge in [0.1, 0.15) is 16.9 Å². The van der Waals surface area contributed by atoms with Crippen molar-refractivity contribution in [2.75, 3.05) is 12.5 Å². The summed E-state index contributed by atoms with van der Waals surface area (Å²) in [6, 6.07) is -0.915. The van der Waals surface area contributed by atoms with Crippen LogP contribution in [0.15, 0.2) is 35.5 Å². The zero-order chi connectivity index (χ0) is 27.1. The Bertz CT molecular complexity index is 1190. The van der Waals surface area contributed by atoms with Crippen molar-refractivity contribution in [2.24, 2.45) is 11.3 Å². The number of allylic oxidation sites excluding steroid dienone is 1. The third-order valence-electron chi connectivity index (χ3n) is 4.51. The Morgan fingerprint density at radius 1 is 1.20 bits per heavy atom. The van der Waals surface area contributed by atoms with Crippen LogP contribution in [0.1, 0.15) is 12.5 Å². The molecule has 0 aliphatic carbocycles. The third-order valence-corrected chi connectivity index (χ3v) is 6.23. The van der Waals surface area contributed by atoms with Crippen molar-refractivity contribution >= 4 is 39.2 Å². The van der Waals surface area contributed by atoms with Gasteiger partial charge in [0, 0.05) is 17.5 Å². The Kier molecular flexibility index (Phi) is 6.85. The first-order valence-electron chi connectivity index (χ1n) is 8.98. The number of aromatic nitrogens is 3. The number of carbonyl (C=O) groups excluding carboxylic acids is 2. The average Bonchev–Trinajstić information content (AvgIpc) is 3.23. The third kappa shape index (κ3) is 6.47. The Hall–Kier alpha value is -2.76. The molecule has 1 amide bonds. The summed E-state index contributed by atoms with van der Waals surface area (Å²) in [6.45, 7) is 0.349. The van der Waals surface area contributed by atoms with Crippen molar-refractivity contribution in [1.82, 2.24) is 20.2 Å². The molecule has 2 aromatic rings. The Labute approximate surface area is 196 Å². The van der Waals surface area contributed by atoms with Crippen LogP contribution >= 0.6 is 21.8 Å². The fourth-order valence-electron chi connectivity index (χ4n) is 2.51. The highest BCUT2D eigenvalue weighted by Gasteiger charge is 2.66. The number of alkyl halides is 4. The molecular weight excluding hydrogens is 542 g/mol. The van der Waals surface area contributed by atoms with Gasteiger partial charge in [0.15, 0.2) is 11.6 Å². The van der Waals surface area contributed by atoms with Crippen LogP contribution in [0.3, 0.4) is 0 Å². The minimum atomic E-state index is -10.6. The second kappa shape index (κ2) is 8.42. The molecule has 0 fully saturated rings.